The maximum atomic E-state index is 11.9. The standard InChI is InChI=1S/C20H22ClN5O6/c1-31-13(7-8-26-11-23-14-15(22)24-19(21)25-16(14)26)10-32-20(17(27)28,18(29)30)9-12-5-3-2-4-6-12/h2-6,11,13H,7-10H2,1H3,(H,27,28)(H,29,30)(H2,22,24,25). The van der Waals surface area contributed by atoms with Crippen molar-refractivity contribution >= 4 is 40.5 Å². The summed E-state index contributed by atoms with van der Waals surface area (Å²) in [6, 6.07) is 8.42. The van der Waals surface area contributed by atoms with Crippen molar-refractivity contribution in [2.45, 2.75) is 31.1 Å². The molecule has 0 fully saturated rings. The van der Waals surface area contributed by atoms with Crippen molar-refractivity contribution in [3.8, 4) is 0 Å². The highest BCUT2D eigenvalue weighted by Crippen LogP contribution is 2.22. The second kappa shape index (κ2) is 9.90. The molecule has 170 valence electrons. The Kier molecular flexibility index (Phi) is 7.23. The number of methoxy groups -OCH3 is 1. The molecule has 0 amide bonds. The minimum absolute atomic E-state index is 0.0167. The van der Waals surface area contributed by atoms with Gasteiger partial charge in [0.25, 0.3) is 5.60 Å². The summed E-state index contributed by atoms with van der Waals surface area (Å²) in [5.74, 6) is -3.03. The van der Waals surface area contributed by atoms with E-state index < -0.39 is 23.6 Å². The van der Waals surface area contributed by atoms with E-state index in [4.69, 9.17) is 26.8 Å². The van der Waals surface area contributed by atoms with Crippen LogP contribution in [-0.4, -0.2) is 67.1 Å². The first-order valence-corrected chi connectivity index (χ1v) is 9.96. The molecule has 0 bridgehead atoms. The number of rotatable bonds is 11. The number of benzene rings is 1. The molecule has 0 aliphatic rings. The third-order valence-corrected chi connectivity index (χ3v) is 5.16. The van der Waals surface area contributed by atoms with E-state index in [9.17, 15) is 19.8 Å². The average molecular weight is 464 g/mol. The molecule has 0 aliphatic carbocycles. The van der Waals surface area contributed by atoms with Crippen LogP contribution in [0.5, 0.6) is 0 Å². The molecule has 32 heavy (non-hydrogen) atoms. The van der Waals surface area contributed by atoms with Crippen molar-refractivity contribution < 1.29 is 29.3 Å². The minimum atomic E-state index is -2.45. The number of anilines is 1. The molecule has 0 spiro atoms. The number of carboxylic acids is 2. The van der Waals surface area contributed by atoms with Gasteiger partial charge in [-0.2, -0.15) is 9.97 Å². The van der Waals surface area contributed by atoms with E-state index in [2.05, 4.69) is 15.0 Å². The molecule has 4 N–H and O–H groups in total. The summed E-state index contributed by atoms with van der Waals surface area (Å²) in [6.07, 6.45) is 0.934. The van der Waals surface area contributed by atoms with Gasteiger partial charge in [-0.3, -0.25) is 0 Å². The number of ether oxygens (including phenoxy) is 2. The number of nitrogens with zero attached hydrogens (tertiary/aromatic N) is 4. The zero-order valence-corrected chi connectivity index (χ0v) is 17.9. The number of carboxylic acid groups (broad SMARTS) is 2. The van der Waals surface area contributed by atoms with E-state index in [1.165, 1.54) is 13.4 Å². The lowest BCUT2D eigenvalue weighted by Crippen LogP contribution is -2.52. The Balaban J connectivity index is 1.72. The van der Waals surface area contributed by atoms with Gasteiger partial charge in [0.1, 0.15) is 5.52 Å². The zero-order chi connectivity index (χ0) is 23.3. The van der Waals surface area contributed by atoms with Gasteiger partial charge in [0.15, 0.2) is 11.5 Å². The molecule has 2 heterocycles. The van der Waals surface area contributed by atoms with Gasteiger partial charge in [0.05, 0.1) is 19.0 Å². The first-order chi connectivity index (χ1) is 15.3. The fraction of sp³-hybridized carbons (Fsp3) is 0.350. The molecule has 2 aromatic heterocycles. The number of hydrogen-bond donors (Lipinski definition) is 3. The van der Waals surface area contributed by atoms with Crippen LogP contribution in [0.4, 0.5) is 5.82 Å². The van der Waals surface area contributed by atoms with E-state index in [0.717, 1.165) is 0 Å². The van der Waals surface area contributed by atoms with Crippen molar-refractivity contribution in [3.63, 3.8) is 0 Å². The van der Waals surface area contributed by atoms with Gasteiger partial charge in [-0.25, -0.2) is 14.6 Å². The van der Waals surface area contributed by atoms with Gasteiger partial charge in [0, 0.05) is 20.1 Å². The average Bonchev–Trinajstić information content (AvgIpc) is 3.16. The number of fused-ring (bicyclic) bond motifs is 1. The summed E-state index contributed by atoms with van der Waals surface area (Å²) in [6.45, 7) is 0.101. The van der Waals surface area contributed by atoms with E-state index >= 15 is 0 Å². The highest BCUT2D eigenvalue weighted by atomic mass is 35.5. The van der Waals surface area contributed by atoms with Crippen LogP contribution in [0.3, 0.4) is 0 Å². The number of imidazole rings is 1. The Morgan fingerprint density at radius 1 is 1.22 bits per heavy atom. The Labute approximate surface area is 187 Å². The molecular formula is C20H22ClN5O6. The molecule has 3 rings (SSSR count). The predicted octanol–water partition coefficient (Wildman–Crippen LogP) is 1.63. The van der Waals surface area contributed by atoms with Crippen LogP contribution in [0.2, 0.25) is 5.28 Å². The summed E-state index contributed by atoms with van der Waals surface area (Å²) in [7, 11) is 1.43. The Morgan fingerprint density at radius 2 is 1.91 bits per heavy atom. The van der Waals surface area contributed by atoms with Gasteiger partial charge in [-0.1, -0.05) is 30.3 Å². The van der Waals surface area contributed by atoms with Crippen LogP contribution in [0.1, 0.15) is 12.0 Å². The number of aromatic nitrogens is 4. The lowest BCUT2D eigenvalue weighted by molar-refractivity contribution is -0.187. The molecule has 0 saturated carbocycles. The number of carbonyl (C=O) groups is 2. The molecular weight excluding hydrogens is 442 g/mol. The molecule has 1 unspecified atom stereocenters. The molecule has 12 heteroatoms. The van der Waals surface area contributed by atoms with Gasteiger partial charge in [0.2, 0.25) is 5.28 Å². The van der Waals surface area contributed by atoms with Crippen LogP contribution < -0.4 is 5.73 Å². The van der Waals surface area contributed by atoms with Gasteiger partial charge < -0.3 is 30.0 Å². The largest absolute Gasteiger partial charge is 0.479 e. The van der Waals surface area contributed by atoms with Crippen molar-refractivity contribution in [3.05, 3.63) is 47.5 Å². The van der Waals surface area contributed by atoms with Crippen LogP contribution in [0.25, 0.3) is 11.2 Å². The van der Waals surface area contributed by atoms with Crippen molar-refractivity contribution in [1.29, 1.82) is 0 Å². The van der Waals surface area contributed by atoms with E-state index in [1.54, 1.807) is 34.9 Å². The first kappa shape index (κ1) is 23.4. The Hall–Kier alpha value is -3.28. The van der Waals surface area contributed by atoms with Crippen molar-refractivity contribution in [2.24, 2.45) is 0 Å². The van der Waals surface area contributed by atoms with Gasteiger partial charge in [-0.15, -0.1) is 0 Å². The third kappa shape index (κ3) is 4.96. The van der Waals surface area contributed by atoms with Crippen molar-refractivity contribution in [2.75, 3.05) is 19.5 Å². The monoisotopic (exact) mass is 463 g/mol. The van der Waals surface area contributed by atoms with E-state index in [-0.39, 0.29) is 24.1 Å². The lowest BCUT2D eigenvalue weighted by Gasteiger charge is -2.27. The number of halogens is 1. The van der Waals surface area contributed by atoms with Crippen LogP contribution in [-0.2, 0) is 32.0 Å². The van der Waals surface area contributed by atoms with Gasteiger partial charge >= 0.3 is 11.9 Å². The predicted molar refractivity (Wildman–Crippen MR) is 114 cm³/mol. The number of aryl methyl sites for hydroxylation is 1. The molecule has 1 atom stereocenters. The fourth-order valence-electron chi connectivity index (χ4n) is 3.19. The second-order valence-corrected chi connectivity index (χ2v) is 7.38. The SMILES string of the molecule is COC(CCn1cnc2c(N)nc(Cl)nc21)COC(Cc1ccccc1)(C(=O)O)C(=O)O. The summed E-state index contributed by atoms with van der Waals surface area (Å²) in [4.78, 5) is 36.0. The van der Waals surface area contributed by atoms with Crippen LogP contribution in [0.15, 0.2) is 36.7 Å². The minimum Gasteiger partial charge on any atom is -0.479 e. The van der Waals surface area contributed by atoms with Crippen molar-refractivity contribution in [1.82, 2.24) is 19.5 Å². The Bertz CT molecular complexity index is 1090. The zero-order valence-electron chi connectivity index (χ0n) is 17.1. The number of hydrogen-bond acceptors (Lipinski definition) is 8. The highest BCUT2D eigenvalue weighted by molar-refractivity contribution is 6.28. The second-order valence-electron chi connectivity index (χ2n) is 7.05. The summed E-state index contributed by atoms with van der Waals surface area (Å²) >= 11 is 5.87. The smallest absolute Gasteiger partial charge is 0.348 e. The number of nitrogen functional groups attached to an aromatic ring is 1. The molecule has 0 radical (unpaired) electrons. The van der Waals surface area contributed by atoms with Crippen LogP contribution in [0, 0.1) is 0 Å². The number of nitrogens with two attached hydrogens (primary N) is 1. The highest BCUT2D eigenvalue weighted by Gasteiger charge is 2.48. The lowest BCUT2D eigenvalue weighted by atomic mass is 9.94. The normalized spacial score (nSPS) is 12.7. The molecule has 11 nitrogen and oxygen atoms in total. The topological polar surface area (TPSA) is 163 Å². The maximum Gasteiger partial charge on any atom is 0.348 e. The number of aliphatic carboxylic acids is 2. The van der Waals surface area contributed by atoms with E-state index in [0.29, 0.717) is 29.7 Å². The summed E-state index contributed by atoms with van der Waals surface area (Å²) in [5.41, 5.74) is 4.71. The molecule has 0 saturated heterocycles. The van der Waals surface area contributed by atoms with Gasteiger partial charge in [-0.05, 0) is 23.6 Å². The third-order valence-electron chi connectivity index (χ3n) is 4.99. The summed E-state index contributed by atoms with van der Waals surface area (Å²) < 4.78 is 12.6. The Morgan fingerprint density at radius 3 is 2.53 bits per heavy atom. The molecule has 0 aliphatic heterocycles. The first-order valence-electron chi connectivity index (χ1n) is 9.58. The fourth-order valence-corrected chi connectivity index (χ4v) is 3.36. The maximum absolute atomic E-state index is 11.9. The molecule has 3 aromatic rings. The summed E-state index contributed by atoms with van der Waals surface area (Å²) in [5, 5.41) is 19.4. The van der Waals surface area contributed by atoms with E-state index in [1.807, 2.05) is 0 Å². The van der Waals surface area contributed by atoms with Crippen LogP contribution >= 0.6 is 11.6 Å². The molecule has 1 aromatic carbocycles. The quantitative estimate of drug-likeness (QED) is 0.281.